The number of aliphatic hydroxyl groups is 1. The van der Waals surface area contributed by atoms with Gasteiger partial charge in [-0.05, 0) is 62.3 Å². The smallest absolute Gasteiger partial charge is 0.420 e. The van der Waals surface area contributed by atoms with Crippen LogP contribution in [0.3, 0.4) is 0 Å². The summed E-state index contributed by atoms with van der Waals surface area (Å²) < 4.78 is 6.85. The highest BCUT2D eigenvalue weighted by Gasteiger charge is 2.18. The summed E-state index contributed by atoms with van der Waals surface area (Å²) in [6, 6.07) is 12.4. The molecule has 9 nitrogen and oxygen atoms in total. The van der Waals surface area contributed by atoms with Gasteiger partial charge in [-0.2, -0.15) is 0 Å². The molecule has 0 bridgehead atoms. The molecule has 1 unspecified atom stereocenters. The number of carboxylic acid groups (broad SMARTS) is 1. The lowest BCUT2D eigenvalue weighted by molar-refractivity contribution is 0.153. The zero-order valence-corrected chi connectivity index (χ0v) is 19.7. The zero-order chi connectivity index (χ0) is 24.2. The Morgan fingerprint density at radius 1 is 1.15 bits per heavy atom. The topological polar surface area (TPSA) is 102 Å². The van der Waals surface area contributed by atoms with Gasteiger partial charge in [0, 0.05) is 38.4 Å². The Balaban J connectivity index is 1.49. The number of oxazole rings is 1. The van der Waals surface area contributed by atoms with Gasteiger partial charge >= 0.3 is 11.8 Å². The van der Waals surface area contributed by atoms with Crippen LogP contribution in [0.2, 0.25) is 0 Å². The summed E-state index contributed by atoms with van der Waals surface area (Å²) in [5.74, 6) is -0.495. The van der Waals surface area contributed by atoms with Crippen LogP contribution < -0.4 is 10.7 Å². The van der Waals surface area contributed by atoms with Crippen molar-refractivity contribution >= 4 is 22.9 Å². The average molecular weight is 469 g/mol. The number of rotatable bonds is 8. The second-order valence-corrected chi connectivity index (χ2v) is 8.96. The third-order valence-corrected chi connectivity index (χ3v) is 6.42. The number of hydrogen-bond donors (Lipinski definition) is 2. The number of piperazine rings is 1. The molecule has 0 aliphatic carbocycles. The van der Waals surface area contributed by atoms with E-state index in [9.17, 15) is 19.8 Å². The molecular weight excluding hydrogens is 436 g/mol. The van der Waals surface area contributed by atoms with E-state index < -0.39 is 18.0 Å². The minimum Gasteiger partial charge on any atom is -0.465 e. The van der Waals surface area contributed by atoms with E-state index in [-0.39, 0.29) is 6.54 Å². The Morgan fingerprint density at radius 2 is 1.91 bits per heavy atom. The van der Waals surface area contributed by atoms with E-state index in [1.54, 1.807) is 43.3 Å². The summed E-state index contributed by atoms with van der Waals surface area (Å²) in [7, 11) is 2.11. The minimum atomic E-state index is -0.997. The summed E-state index contributed by atoms with van der Waals surface area (Å²) in [6.45, 7) is 7.23. The molecule has 1 amide bonds. The first-order valence-corrected chi connectivity index (χ1v) is 11.6. The van der Waals surface area contributed by atoms with Crippen molar-refractivity contribution in [1.29, 1.82) is 0 Å². The van der Waals surface area contributed by atoms with Crippen molar-refractivity contribution in [2.45, 2.75) is 26.0 Å². The molecule has 0 spiro atoms. The first-order valence-electron chi connectivity index (χ1n) is 11.6. The molecule has 1 atom stereocenters. The summed E-state index contributed by atoms with van der Waals surface area (Å²) in [5, 5.41) is 19.7. The minimum absolute atomic E-state index is 0.234. The standard InChI is InChI=1S/C25H32N4O5/c1-18(30)20-7-8-23-22(16-20)29(25(33)34-23)17-19-5-3-6-21(15-19)28(24(31)32)10-4-9-27-13-11-26(2)12-14-27/h3,5-8,15-16,18,30H,4,9-14,17H2,1-2H3,(H,31,32). The Kier molecular flexibility index (Phi) is 7.35. The van der Waals surface area contributed by atoms with Crippen molar-refractivity contribution < 1.29 is 19.4 Å². The van der Waals surface area contributed by atoms with Crippen LogP contribution in [0.1, 0.15) is 30.6 Å². The molecule has 9 heteroatoms. The van der Waals surface area contributed by atoms with Crippen molar-refractivity contribution in [3.05, 3.63) is 64.1 Å². The predicted octanol–water partition coefficient (Wildman–Crippen LogP) is 2.82. The number of amides is 1. The number of benzene rings is 2. The maximum Gasteiger partial charge on any atom is 0.420 e. The summed E-state index contributed by atoms with van der Waals surface area (Å²) in [4.78, 5) is 30.5. The highest BCUT2D eigenvalue weighted by atomic mass is 16.4. The molecule has 0 saturated carbocycles. The molecule has 1 aromatic heterocycles. The van der Waals surface area contributed by atoms with Crippen LogP contribution in [-0.2, 0) is 6.54 Å². The first kappa shape index (κ1) is 24.0. The molecular formula is C25H32N4O5. The lowest BCUT2D eigenvalue weighted by Gasteiger charge is -2.32. The quantitative estimate of drug-likeness (QED) is 0.524. The zero-order valence-electron chi connectivity index (χ0n) is 19.7. The summed E-state index contributed by atoms with van der Waals surface area (Å²) in [5.41, 5.74) is 3.09. The molecule has 2 N–H and O–H groups in total. The molecule has 0 radical (unpaired) electrons. The maximum absolute atomic E-state index is 12.5. The second kappa shape index (κ2) is 10.4. The van der Waals surface area contributed by atoms with E-state index in [0.717, 1.165) is 44.7 Å². The maximum atomic E-state index is 12.5. The Labute approximate surface area is 198 Å². The molecule has 4 rings (SSSR count). The Bertz CT molecular complexity index is 1190. The van der Waals surface area contributed by atoms with Crippen LogP contribution in [0.5, 0.6) is 0 Å². The van der Waals surface area contributed by atoms with Gasteiger partial charge < -0.3 is 24.4 Å². The lowest BCUT2D eigenvalue weighted by atomic mass is 10.1. The van der Waals surface area contributed by atoms with Gasteiger partial charge in [0.25, 0.3) is 0 Å². The number of carbonyl (C=O) groups is 1. The van der Waals surface area contributed by atoms with Gasteiger partial charge in [0.1, 0.15) is 0 Å². The van der Waals surface area contributed by atoms with E-state index in [4.69, 9.17) is 4.42 Å². The van der Waals surface area contributed by atoms with Crippen molar-refractivity contribution in [3.63, 3.8) is 0 Å². The van der Waals surface area contributed by atoms with Crippen LogP contribution >= 0.6 is 0 Å². The molecule has 2 aromatic carbocycles. The van der Waals surface area contributed by atoms with Gasteiger partial charge in [-0.15, -0.1) is 0 Å². The lowest BCUT2D eigenvalue weighted by Crippen LogP contribution is -2.45. The van der Waals surface area contributed by atoms with E-state index in [1.807, 2.05) is 6.07 Å². The van der Waals surface area contributed by atoms with E-state index in [2.05, 4.69) is 16.8 Å². The highest BCUT2D eigenvalue weighted by molar-refractivity contribution is 5.86. The number of aliphatic hydroxyl groups excluding tert-OH is 1. The van der Waals surface area contributed by atoms with Crippen molar-refractivity contribution in [2.75, 3.05) is 51.2 Å². The van der Waals surface area contributed by atoms with Gasteiger partial charge in [0.2, 0.25) is 0 Å². The van der Waals surface area contributed by atoms with Crippen LogP contribution in [0.25, 0.3) is 11.1 Å². The van der Waals surface area contributed by atoms with Crippen LogP contribution in [0.4, 0.5) is 10.5 Å². The van der Waals surface area contributed by atoms with E-state index in [0.29, 0.717) is 28.9 Å². The number of likely N-dealkylation sites (N-methyl/N-ethyl adjacent to an activating group) is 1. The molecule has 3 aromatic rings. The molecule has 1 saturated heterocycles. The molecule has 182 valence electrons. The third-order valence-electron chi connectivity index (χ3n) is 6.42. The Morgan fingerprint density at radius 3 is 2.62 bits per heavy atom. The number of anilines is 1. The van der Waals surface area contributed by atoms with Crippen LogP contribution in [0.15, 0.2) is 51.7 Å². The van der Waals surface area contributed by atoms with Gasteiger partial charge in [0.05, 0.1) is 18.2 Å². The fourth-order valence-corrected chi connectivity index (χ4v) is 4.35. The first-order chi connectivity index (χ1) is 16.3. The van der Waals surface area contributed by atoms with Crippen LogP contribution in [0, 0.1) is 0 Å². The van der Waals surface area contributed by atoms with Gasteiger partial charge in [0.15, 0.2) is 5.58 Å². The normalized spacial score (nSPS) is 16.1. The molecule has 1 aliphatic rings. The molecule has 2 heterocycles. The van der Waals surface area contributed by atoms with E-state index >= 15 is 0 Å². The van der Waals surface area contributed by atoms with Crippen molar-refractivity contribution in [1.82, 2.24) is 14.4 Å². The largest absolute Gasteiger partial charge is 0.465 e. The third kappa shape index (κ3) is 5.49. The second-order valence-electron chi connectivity index (χ2n) is 8.96. The van der Waals surface area contributed by atoms with E-state index in [1.165, 1.54) is 9.47 Å². The molecule has 1 aliphatic heterocycles. The molecule has 1 fully saturated rings. The highest BCUT2D eigenvalue weighted by Crippen LogP contribution is 2.22. The molecule has 34 heavy (non-hydrogen) atoms. The van der Waals surface area contributed by atoms with Crippen molar-refractivity contribution in [3.8, 4) is 0 Å². The van der Waals surface area contributed by atoms with Crippen LogP contribution in [-0.4, -0.2) is 77.0 Å². The SMILES string of the molecule is CC(O)c1ccc2oc(=O)n(Cc3cccc(N(CCCN4CCN(C)CC4)C(=O)O)c3)c2c1. The number of nitrogens with zero attached hydrogens (tertiary/aromatic N) is 4. The van der Waals surface area contributed by atoms with Crippen molar-refractivity contribution in [2.24, 2.45) is 0 Å². The Hall–Kier alpha value is -3.14. The van der Waals surface area contributed by atoms with Gasteiger partial charge in [-0.3, -0.25) is 9.47 Å². The monoisotopic (exact) mass is 468 g/mol. The average Bonchev–Trinajstić information content (AvgIpc) is 3.12. The van der Waals surface area contributed by atoms with Gasteiger partial charge in [-0.1, -0.05) is 18.2 Å². The summed E-state index contributed by atoms with van der Waals surface area (Å²) >= 11 is 0. The number of fused-ring (bicyclic) bond motifs is 1. The predicted molar refractivity (Wildman–Crippen MR) is 131 cm³/mol. The van der Waals surface area contributed by atoms with Gasteiger partial charge in [-0.25, -0.2) is 9.59 Å². The summed E-state index contributed by atoms with van der Waals surface area (Å²) in [6.07, 6.45) is -0.919. The fourth-order valence-electron chi connectivity index (χ4n) is 4.35. The fraction of sp³-hybridized carbons (Fsp3) is 0.440. The number of aromatic nitrogens is 1. The number of hydrogen-bond acceptors (Lipinski definition) is 6.